The highest BCUT2D eigenvalue weighted by molar-refractivity contribution is 5.69. The highest BCUT2D eigenvalue weighted by Gasteiger charge is 1.97. The zero-order valence-corrected chi connectivity index (χ0v) is 8.56. The van der Waals surface area contributed by atoms with E-state index in [9.17, 15) is 4.79 Å². The molecule has 0 heterocycles. The van der Waals surface area contributed by atoms with Crippen molar-refractivity contribution in [2.75, 3.05) is 6.61 Å². The number of esters is 1. The molecule has 0 unspecified atom stereocenters. The zero-order chi connectivity index (χ0) is 9.94. The Morgan fingerprint density at radius 3 is 2.54 bits per heavy atom. The molecule has 0 amide bonds. The third kappa shape index (κ3) is 8.94. The number of unbranched alkanes of at least 4 members (excludes halogenated alkanes) is 2. The van der Waals surface area contributed by atoms with Gasteiger partial charge in [-0.1, -0.05) is 13.3 Å². The van der Waals surface area contributed by atoms with E-state index in [1.165, 1.54) is 6.42 Å². The smallest absolute Gasteiger partial charge is 0.306 e. The quantitative estimate of drug-likeness (QED) is 0.371. The summed E-state index contributed by atoms with van der Waals surface area (Å²) in [6, 6.07) is 0. The van der Waals surface area contributed by atoms with Gasteiger partial charge in [-0.05, 0) is 13.3 Å². The summed E-state index contributed by atoms with van der Waals surface area (Å²) in [7, 11) is 0. The fourth-order valence-electron chi connectivity index (χ4n) is 0.840. The highest BCUT2D eigenvalue weighted by atomic mass is 16.5. The van der Waals surface area contributed by atoms with E-state index in [-0.39, 0.29) is 5.97 Å². The van der Waals surface area contributed by atoms with Crippen LogP contribution in [0.5, 0.6) is 0 Å². The van der Waals surface area contributed by atoms with Crippen molar-refractivity contribution in [1.82, 2.24) is 0 Å². The van der Waals surface area contributed by atoms with Crippen LogP contribution in [0.15, 0.2) is 0 Å². The molecule has 0 spiro atoms. The molecule has 2 heteroatoms. The zero-order valence-electron chi connectivity index (χ0n) is 8.56. The average Bonchev–Trinajstić information content (AvgIpc) is 2.11. The fourth-order valence-corrected chi connectivity index (χ4v) is 0.840. The first-order valence-corrected chi connectivity index (χ1v) is 4.92. The molecule has 0 aliphatic carbocycles. The fraction of sp³-hybridized carbons (Fsp3) is 0.727. The van der Waals surface area contributed by atoms with Crippen molar-refractivity contribution in [2.45, 2.75) is 46.0 Å². The van der Waals surface area contributed by atoms with Crippen LogP contribution in [0, 0.1) is 11.8 Å². The Kier molecular flexibility index (Phi) is 8.44. The molecule has 13 heavy (non-hydrogen) atoms. The molecule has 0 atom stereocenters. The van der Waals surface area contributed by atoms with Crippen LogP contribution in [0.2, 0.25) is 0 Å². The van der Waals surface area contributed by atoms with Crippen LogP contribution < -0.4 is 0 Å². The molecule has 0 saturated heterocycles. The molecular formula is C11H18O2. The van der Waals surface area contributed by atoms with Gasteiger partial charge in [-0.2, -0.15) is 0 Å². The first-order valence-electron chi connectivity index (χ1n) is 4.92. The topological polar surface area (TPSA) is 26.3 Å². The van der Waals surface area contributed by atoms with Crippen LogP contribution >= 0.6 is 0 Å². The number of hydrogen-bond acceptors (Lipinski definition) is 2. The first-order chi connectivity index (χ1) is 6.31. The highest BCUT2D eigenvalue weighted by Crippen LogP contribution is 1.93. The van der Waals surface area contributed by atoms with E-state index in [2.05, 4.69) is 18.8 Å². The lowest BCUT2D eigenvalue weighted by Crippen LogP contribution is -2.02. The van der Waals surface area contributed by atoms with Gasteiger partial charge in [0.25, 0.3) is 0 Å². The molecule has 0 aromatic heterocycles. The van der Waals surface area contributed by atoms with Crippen LogP contribution in [-0.4, -0.2) is 12.6 Å². The molecule has 0 fully saturated rings. The van der Waals surface area contributed by atoms with Gasteiger partial charge in [0.2, 0.25) is 0 Å². The number of ether oxygens (including phenoxy) is 1. The second kappa shape index (κ2) is 9.12. The summed E-state index contributed by atoms with van der Waals surface area (Å²) in [6.45, 7) is 4.41. The van der Waals surface area contributed by atoms with E-state index in [0.29, 0.717) is 19.4 Å². The second-order valence-corrected chi connectivity index (χ2v) is 2.76. The van der Waals surface area contributed by atoms with E-state index in [0.717, 1.165) is 12.8 Å². The van der Waals surface area contributed by atoms with Gasteiger partial charge in [0.15, 0.2) is 0 Å². The minimum absolute atomic E-state index is 0.146. The van der Waals surface area contributed by atoms with Gasteiger partial charge in [0.05, 0.1) is 13.0 Å². The summed E-state index contributed by atoms with van der Waals surface area (Å²) in [5, 5.41) is 0. The molecular weight excluding hydrogens is 164 g/mol. The van der Waals surface area contributed by atoms with Gasteiger partial charge in [-0.3, -0.25) is 4.79 Å². The lowest BCUT2D eigenvalue weighted by Gasteiger charge is -1.96. The molecule has 0 aliphatic heterocycles. The van der Waals surface area contributed by atoms with Crippen molar-refractivity contribution in [3.05, 3.63) is 0 Å². The van der Waals surface area contributed by atoms with Crippen LogP contribution in [0.1, 0.15) is 46.0 Å². The molecule has 0 bridgehead atoms. The summed E-state index contributed by atoms with van der Waals surface area (Å²) in [4.78, 5) is 10.8. The Hall–Kier alpha value is -0.970. The number of rotatable bonds is 5. The van der Waals surface area contributed by atoms with E-state index in [1.54, 1.807) is 0 Å². The van der Waals surface area contributed by atoms with E-state index in [1.807, 2.05) is 6.92 Å². The summed E-state index contributed by atoms with van der Waals surface area (Å²) >= 11 is 0. The number of carbonyl (C=O) groups is 1. The number of carbonyl (C=O) groups excluding carboxylic acids is 1. The van der Waals surface area contributed by atoms with Gasteiger partial charge in [0, 0.05) is 12.8 Å². The lowest BCUT2D eigenvalue weighted by molar-refractivity contribution is -0.142. The standard InChI is InChI=1S/C11H18O2/c1-3-5-6-7-8-9-10-11(12)13-4-2/h3-6,9-10H2,1-2H3. The van der Waals surface area contributed by atoms with Crippen molar-refractivity contribution in [2.24, 2.45) is 0 Å². The minimum Gasteiger partial charge on any atom is -0.466 e. The predicted molar refractivity (Wildman–Crippen MR) is 53.2 cm³/mol. The third-order valence-corrected chi connectivity index (χ3v) is 1.54. The maximum Gasteiger partial charge on any atom is 0.306 e. The monoisotopic (exact) mass is 182 g/mol. The Morgan fingerprint density at radius 1 is 1.23 bits per heavy atom. The Bertz CT molecular complexity index is 186. The van der Waals surface area contributed by atoms with Crippen molar-refractivity contribution in [3.8, 4) is 11.8 Å². The van der Waals surface area contributed by atoms with Crippen molar-refractivity contribution in [1.29, 1.82) is 0 Å². The average molecular weight is 182 g/mol. The molecule has 0 aromatic carbocycles. The Labute approximate surface area is 80.7 Å². The molecule has 0 aliphatic rings. The van der Waals surface area contributed by atoms with Crippen molar-refractivity contribution in [3.63, 3.8) is 0 Å². The summed E-state index contributed by atoms with van der Waals surface area (Å²) < 4.78 is 4.76. The van der Waals surface area contributed by atoms with Gasteiger partial charge >= 0.3 is 5.97 Å². The molecule has 74 valence electrons. The molecule has 0 aromatic rings. The molecule has 0 N–H and O–H groups in total. The normalized spacial score (nSPS) is 8.77. The third-order valence-electron chi connectivity index (χ3n) is 1.54. The largest absolute Gasteiger partial charge is 0.466 e. The van der Waals surface area contributed by atoms with Gasteiger partial charge < -0.3 is 4.74 Å². The van der Waals surface area contributed by atoms with E-state index >= 15 is 0 Å². The second-order valence-electron chi connectivity index (χ2n) is 2.76. The van der Waals surface area contributed by atoms with Crippen LogP contribution in [0.3, 0.4) is 0 Å². The Balaban J connectivity index is 3.30. The van der Waals surface area contributed by atoms with Gasteiger partial charge in [-0.15, -0.1) is 11.8 Å². The van der Waals surface area contributed by atoms with Crippen LogP contribution in [-0.2, 0) is 9.53 Å². The molecule has 0 rings (SSSR count). The van der Waals surface area contributed by atoms with Crippen LogP contribution in [0.25, 0.3) is 0 Å². The van der Waals surface area contributed by atoms with E-state index in [4.69, 9.17) is 4.74 Å². The van der Waals surface area contributed by atoms with E-state index < -0.39 is 0 Å². The maximum atomic E-state index is 10.8. The molecule has 0 saturated carbocycles. The van der Waals surface area contributed by atoms with Gasteiger partial charge in [0.1, 0.15) is 0 Å². The van der Waals surface area contributed by atoms with Crippen LogP contribution in [0.4, 0.5) is 0 Å². The summed E-state index contributed by atoms with van der Waals surface area (Å²) in [5.74, 6) is 5.84. The Morgan fingerprint density at radius 2 is 1.92 bits per heavy atom. The number of hydrogen-bond donors (Lipinski definition) is 0. The van der Waals surface area contributed by atoms with Crippen molar-refractivity contribution >= 4 is 5.97 Å². The minimum atomic E-state index is -0.146. The first kappa shape index (κ1) is 12.0. The maximum absolute atomic E-state index is 10.8. The SMILES string of the molecule is CCCCC#CCCC(=O)OCC. The summed E-state index contributed by atoms with van der Waals surface area (Å²) in [5.41, 5.74) is 0. The molecule has 0 radical (unpaired) electrons. The molecule has 2 nitrogen and oxygen atoms in total. The van der Waals surface area contributed by atoms with Crippen molar-refractivity contribution < 1.29 is 9.53 Å². The lowest BCUT2D eigenvalue weighted by atomic mass is 10.2. The van der Waals surface area contributed by atoms with Gasteiger partial charge in [-0.25, -0.2) is 0 Å². The predicted octanol–water partition coefficient (Wildman–Crippen LogP) is 2.52. The summed E-state index contributed by atoms with van der Waals surface area (Å²) in [6.07, 6.45) is 4.31.